The first-order chi connectivity index (χ1) is 7.50. The van der Waals surface area contributed by atoms with Gasteiger partial charge in [-0.3, -0.25) is 4.57 Å². The number of halogens is 2. The Morgan fingerprint density at radius 2 is 1.69 bits per heavy atom. The largest absolute Gasteiger partial charge is 0.270 e. The first kappa shape index (κ1) is 11.6. The normalized spacial score (nSPS) is 10.8. The maximum atomic E-state index is 6.00. The van der Waals surface area contributed by atoms with Crippen molar-refractivity contribution in [2.24, 2.45) is 0 Å². The van der Waals surface area contributed by atoms with Crippen LogP contribution in [0.1, 0.15) is 17.0 Å². The summed E-state index contributed by atoms with van der Waals surface area (Å²) in [7, 11) is 0. The molecule has 16 heavy (non-hydrogen) atoms. The molecule has 3 nitrogen and oxygen atoms in total. The molecule has 0 fully saturated rings. The summed E-state index contributed by atoms with van der Waals surface area (Å²) in [4.78, 5) is 0. The van der Waals surface area contributed by atoms with Gasteiger partial charge in [0.05, 0.1) is 5.69 Å². The summed E-state index contributed by atoms with van der Waals surface area (Å²) in [6.45, 7) is 5.98. The van der Waals surface area contributed by atoms with Crippen LogP contribution in [0.4, 0.5) is 0 Å². The molecule has 0 aliphatic rings. The molecule has 1 aromatic heterocycles. The van der Waals surface area contributed by atoms with Gasteiger partial charge in [0.15, 0.2) is 0 Å². The number of rotatable bonds is 1. The van der Waals surface area contributed by atoms with Crippen molar-refractivity contribution in [3.63, 3.8) is 0 Å². The Bertz CT molecular complexity index is 506. The predicted octanol–water partition coefficient (Wildman–Crippen LogP) is 3.61. The lowest BCUT2D eigenvalue weighted by Gasteiger charge is -2.10. The molecule has 0 amide bonds. The monoisotopic (exact) mass is 299 g/mol. The molecule has 0 radical (unpaired) electrons. The van der Waals surface area contributed by atoms with E-state index in [0.29, 0.717) is 5.28 Å². The van der Waals surface area contributed by atoms with E-state index >= 15 is 0 Å². The van der Waals surface area contributed by atoms with Gasteiger partial charge in [-0.15, -0.1) is 10.2 Å². The highest BCUT2D eigenvalue weighted by Crippen LogP contribution is 2.26. The summed E-state index contributed by atoms with van der Waals surface area (Å²) in [6.07, 6.45) is 0. The smallest absolute Gasteiger partial charge is 0.229 e. The van der Waals surface area contributed by atoms with E-state index < -0.39 is 0 Å². The average Bonchev–Trinajstić information content (AvgIpc) is 2.54. The molecule has 2 aromatic rings. The molecule has 0 atom stereocenters. The van der Waals surface area contributed by atoms with Gasteiger partial charge in [0.1, 0.15) is 5.82 Å². The van der Waals surface area contributed by atoms with Gasteiger partial charge < -0.3 is 0 Å². The Kier molecular flexibility index (Phi) is 3.04. The number of hydrogen-bond donors (Lipinski definition) is 0. The van der Waals surface area contributed by atoms with Crippen molar-refractivity contribution in [3.05, 3.63) is 38.8 Å². The minimum atomic E-state index is 0.388. The van der Waals surface area contributed by atoms with E-state index in [-0.39, 0.29) is 0 Å². The van der Waals surface area contributed by atoms with Crippen LogP contribution in [0.2, 0.25) is 5.28 Å². The van der Waals surface area contributed by atoms with E-state index in [4.69, 9.17) is 11.6 Å². The topological polar surface area (TPSA) is 30.7 Å². The summed E-state index contributed by atoms with van der Waals surface area (Å²) in [6, 6.07) is 4.11. The Morgan fingerprint density at radius 1 is 1.12 bits per heavy atom. The molecule has 0 saturated heterocycles. The van der Waals surface area contributed by atoms with Crippen molar-refractivity contribution < 1.29 is 0 Å². The zero-order valence-corrected chi connectivity index (χ0v) is 11.6. The van der Waals surface area contributed by atoms with Crippen molar-refractivity contribution in [1.29, 1.82) is 0 Å². The van der Waals surface area contributed by atoms with Crippen LogP contribution in [0.5, 0.6) is 0 Å². The lowest BCUT2D eigenvalue weighted by molar-refractivity contribution is 0.965. The van der Waals surface area contributed by atoms with Crippen molar-refractivity contribution in [3.8, 4) is 5.69 Å². The molecule has 0 bridgehead atoms. The van der Waals surface area contributed by atoms with E-state index in [1.54, 1.807) is 0 Å². The Balaban J connectivity index is 2.66. The van der Waals surface area contributed by atoms with Gasteiger partial charge in [-0.1, -0.05) is 15.9 Å². The van der Waals surface area contributed by atoms with Crippen molar-refractivity contribution in [2.75, 3.05) is 0 Å². The molecule has 1 aromatic carbocycles. The van der Waals surface area contributed by atoms with Gasteiger partial charge >= 0.3 is 0 Å². The molecule has 2 rings (SSSR count). The van der Waals surface area contributed by atoms with Crippen LogP contribution >= 0.6 is 27.5 Å². The summed E-state index contributed by atoms with van der Waals surface area (Å²) in [5.41, 5.74) is 3.32. The van der Waals surface area contributed by atoms with Crippen molar-refractivity contribution in [1.82, 2.24) is 14.8 Å². The molecule has 0 saturated carbocycles. The van der Waals surface area contributed by atoms with E-state index in [1.165, 1.54) is 11.1 Å². The molecular formula is C11H11BrClN3. The van der Waals surface area contributed by atoms with E-state index in [0.717, 1.165) is 16.0 Å². The second kappa shape index (κ2) is 4.18. The van der Waals surface area contributed by atoms with E-state index in [1.807, 2.05) is 25.3 Å². The number of hydrogen-bond acceptors (Lipinski definition) is 2. The zero-order valence-electron chi connectivity index (χ0n) is 9.25. The van der Waals surface area contributed by atoms with E-state index in [2.05, 4.69) is 38.3 Å². The van der Waals surface area contributed by atoms with E-state index in [9.17, 15) is 0 Å². The first-order valence-electron chi connectivity index (χ1n) is 4.85. The lowest BCUT2D eigenvalue weighted by atomic mass is 10.1. The number of nitrogens with zero attached hydrogens (tertiary/aromatic N) is 3. The highest BCUT2D eigenvalue weighted by atomic mass is 79.9. The molecule has 0 spiro atoms. The van der Waals surface area contributed by atoms with Crippen LogP contribution in [0.15, 0.2) is 16.6 Å². The Morgan fingerprint density at radius 3 is 2.12 bits per heavy atom. The third-order valence-corrected chi connectivity index (χ3v) is 3.96. The zero-order chi connectivity index (χ0) is 11.9. The van der Waals surface area contributed by atoms with Gasteiger partial charge in [0.2, 0.25) is 5.28 Å². The third kappa shape index (κ3) is 1.87. The minimum Gasteiger partial charge on any atom is -0.270 e. The van der Waals surface area contributed by atoms with Crippen LogP contribution in [-0.4, -0.2) is 14.8 Å². The second-order valence-corrected chi connectivity index (χ2v) is 4.88. The number of benzene rings is 1. The number of aromatic nitrogens is 3. The second-order valence-electron chi connectivity index (χ2n) is 3.75. The van der Waals surface area contributed by atoms with Gasteiger partial charge in [-0.25, -0.2) is 0 Å². The SMILES string of the molecule is Cc1cc(-n2c(C)nnc2Cl)cc(C)c1Br. The summed E-state index contributed by atoms with van der Waals surface area (Å²) in [5, 5.41) is 8.17. The summed E-state index contributed by atoms with van der Waals surface area (Å²) >= 11 is 9.54. The van der Waals surface area contributed by atoms with Crippen LogP contribution in [0.3, 0.4) is 0 Å². The van der Waals surface area contributed by atoms with Crippen LogP contribution < -0.4 is 0 Å². The summed E-state index contributed by atoms with van der Waals surface area (Å²) < 4.78 is 2.95. The van der Waals surface area contributed by atoms with Crippen molar-refractivity contribution in [2.45, 2.75) is 20.8 Å². The maximum Gasteiger partial charge on any atom is 0.229 e. The lowest BCUT2D eigenvalue weighted by Crippen LogP contribution is -1.99. The first-order valence-corrected chi connectivity index (χ1v) is 6.02. The fraction of sp³-hybridized carbons (Fsp3) is 0.273. The average molecular weight is 301 g/mol. The molecule has 1 heterocycles. The third-order valence-electron chi connectivity index (χ3n) is 2.46. The predicted molar refractivity (Wildman–Crippen MR) is 68.3 cm³/mol. The summed E-state index contributed by atoms with van der Waals surface area (Å²) in [5.74, 6) is 0.783. The highest BCUT2D eigenvalue weighted by Gasteiger charge is 2.10. The van der Waals surface area contributed by atoms with Gasteiger partial charge in [0, 0.05) is 4.47 Å². The van der Waals surface area contributed by atoms with Crippen LogP contribution in [-0.2, 0) is 0 Å². The molecule has 0 N–H and O–H groups in total. The van der Waals surface area contributed by atoms with Crippen molar-refractivity contribution >= 4 is 27.5 Å². The van der Waals surface area contributed by atoms with Gasteiger partial charge in [-0.05, 0) is 55.6 Å². The maximum absolute atomic E-state index is 6.00. The minimum absolute atomic E-state index is 0.388. The highest BCUT2D eigenvalue weighted by molar-refractivity contribution is 9.10. The standard InChI is InChI=1S/C11H11BrClN3/c1-6-4-9(5-7(2)10(6)12)16-8(3)14-15-11(16)13/h4-5H,1-3H3. The molecule has 0 unspecified atom stereocenters. The van der Waals surface area contributed by atoms with Crippen LogP contribution in [0, 0.1) is 20.8 Å². The Labute approximate surface area is 108 Å². The molecule has 0 aliphatic carbocycles. The van der Waals surface area contributed by atoms with Crippen LogP contribution in [0.25, 0.3) is 5.69 Å². The fourth-order valence-corrected chi connectivity index (χ4v) is 2.17. The fourth-order valence-electron chi connectivity index (χ4n) is 1.68. The van der Waals surface area contributed by atoms with Gasteiger partial charge in [0.25, 0.3) is 0 Å². The molecule has 84 valence electrons. The molecule has 5 heteroatoms. The Hall–Kier alpha value is -0.870. The number of aryl methyl sites for hydroxylation is 3. The molecule has 0 aliphatic heterocycles. The quantitative estimate of drug-likeness (QED) is 0.805. The van der Waals surface area contributed by atoms with Gasteiger partial charge in [-0.2, -0.15) is 0 Å². The molecular weight excluding hydrogens is 289 g/mol.